The van der Waals surface area contributed by atoms with E-state index in [1.54, 1.807) is 0 Å². The fraction of sp³-hybridized carbons (Fsp3) is 0.875. The van der Waals surface area contributed by atoms with E-state index in [2.05, 4.69) is 6.07 Å². The molecule has 2 rings (SSSR count). The molecule has 0 aromatic carbocycles. The maximum Gasteiger partial charge on any atom is 0.0659 e. The minimum absolute atomic E-state index is 0.148. The zero-order valence-electron chi connectivity index (χ0n) is 5.83. The van der Waals surface area contributed by atoms with Gasteiger partial charge in [0.2, 0.25) is 0 Å². The highest BCUT2D eigenvalue weighted by molar-refractivity contribution is 5.04. The van der Waals surface area contributed by atoms with E-state index in [1.807, 2.05) is 0 Å². The molecule has 2 heteroatoms. The third kappa shape index (κ3) is 0.615. The molecule has 2 bridgehead atoms. The van der Waals surface area contributed by atoms with Crippen molar-refractivity contribution in [2.75, 3.05) is 0 Å². The first-order valence-corrected chi connectivity index (χ1v) is 3.90. The summed E-state index contributed by atoms with van der Waals surface area (Å²) in [6.07, 6.45) is 3.01. The SMILES string of the molecule is N#C[C@H]1C[C@H]2CC[C@@H]1[C@@H]2O. The Morgan fingerprint density at radius 1 is 1.40 bits per heavy atom. The molecule has 10 heavy (non-hydrogen) atoms. The van der Waals surface area contributed by atoms with Crippen LogP contribution in [-0.4, -0.2) is 11.2 Å². The van der Waals surface area contributed by atoms with E-state index in [9.17, 15) is 5.11 Å². The third-order valence-corrected chi connectivity index (χ3v) is 3.03. The lowest BCUT2D eigenvalue weighted by molar-refractivity contribution is 0.124. The van der Waals surface area contributed by atoms with E-state index in [0.717, 1.165) is 19.3 Å². The van der Waals surface area contributed by atoms with E-state index in [0.29, 0.717) is 11.8 Å². The highest BCUT2D eigenvalue weighted by Crippen LogP contribution is 2.47. The second-order valence-corrected chi connectivity index (χ2v) is 3.46. The summed E-state index contributed by atoms with van der Waals surface area (Å²) in [5.41, 5.74) is 0. The van der Waals surface area contributed by atoms with E-state index < -0.39 is 0 Å². The average molecular weight is 137 g/mol. The highest BCUT2D eigenvalue weighted by Gasteiger charge is 2.47. The number of nitriles is 1. The van der Waals surface area contributed by atoms with Crippen molar-refractivity contribution in [3.05, 3.63) is 0 Å². The van der Waals surface area contributed by atoms with Gasteiger partial charge in [-0.1, -0.05) is 0 Å². The van der Waals surface area contributed by atoms with Crippen LogP contribution in [-0.2, 0) is 0 Å². The van der Waals surface area contributed by atoms with Crippen molar-refractivity contribution in [1.82, 2.24) is 0 Å². The van der Waals surface area contributed by atoms with Gasteiger partial charge in [0.1, 0.15) is 0 Å². The van der Waals surface area contributed by atoms with Crippen LogP contribution in [0, 0.1) is 29.1 Å². The van der Waals surface area contributed by atoms with Crippen LogP contribution in [0.4, 0.5) is 0 Å². The second kappa shape index (κ2) is 1.96. The molecule has 1 N–H and O–H groups in total. The summed E-state index contributed by atoms with van der Waals surface area (Å²) in [6, 6.07) is 2.27. The molecule has 0 spiro atoms. The third-order valence-electron chi connectivity index (χ3n) is 3.03. The van der Waals surface area contributed by atoms with Gasteiger partial charge >= 0.3 is 0 Å². The molecule has 0 aromatic rings. The Labute approximate surface area is 60.5 Å². The first-order valence-electron chi connectivity index (χ1n) is 3.90. The Balaban J connectivity index is 2.17. The van der Waals surface area contributed by atoms with Crippen molar-refractivity contribution in [2.45, 2.75) is 25.4 Å². The molecule has 0 heterocycles. The molecule has 2 nitrogen and oxygen atoms in total. The van der Waals surface area contributed by atoms with Crippen LogP contribution < -0.4 is 0 Å². The average Bonchev–Trinajstić information content (AvgIpc) is 2.46. The second-order valence-electron chi connectivity index (χ2n) is 3.46. The molecule has 0 amide bonds. The fourth-order valence-electron chi connectivity index (χ4n) is 2.44. The van der Waals surface area contributed by atoms with Gasteiger partial charge in [0.05, 0.1) is 18.1 Å². The maximum atomic E-state index is 9.48. The highest BCUT2D eigenvalue weighted by atomic mass is 16.3. The van der Waals surface area contributed by atoms with Gasteiger partial charge in [0, 0.05) is 5.92 Å². The smallest absolute Gasteiger partial charge is 0.0659 e. The minimum Gasteiger partial charge on any atom is -0.393 e. The Bertz CT molecular complexity index is 184. The van der Waals surface area contributed by atoms with Gasteiger partial charge in [-0.15, -0.1) is 0 Å². The van der Waals surface area contributed by atoms with Gasteiger partial charge in [-0.3, -0.25) is 0 Å². The molecule has 0 aromatic heterocycles. The van der Waals surface area contributed by atoms with Crippen LogP contribution in [0.5, 0.6) is 0 Å². The number of nitrogens with zero attached hydrogens (tertiary/aromatic N) is 1. The van der Waals surface area contributed by atoms with Gasteiger partial charge in [-0.05, 0) is 25.2 Å². The molecule has 54 valence electrons. The number of rotatable bonds is 0. The molecule has 0 radical (unpaired) electrons. The van der Waals surface area contributed by atoms with Crippen molar-refractivity contribution in [1.29, 1.82) is 5.26 Å². The first-order chi connectivity index (χ1) is 4.83. The molecule has 4 atom stereocenters. The summed E-state index contributed by atoms with van der Waals surface area (Å²) in [5, 5.41) is 18.1. The Morgan fingerprint density at radius 3 is 2.50 bits per heavy atom. The number of hydrogen-bond acceptors (Lipinski definition) is 2. The lowest BCUT2D eigenvalue weighted by Crippen LogP contribution is -2.14. The number of aliphatic hydroxyl groups is 1. The van der Waals surface area contributed by atoms with Crippen LogP contribution in [0.3, 0.4) is 0 Å². The van der Waals surface area contributed by atoms with Crippen LogP contribution in [0.15, 0.2) is 0 Å². The zero-order chi connectivity index (χ0) is 7.14. The topological polar surface area (TPSA) is 44.0 Å². The normalized spacial score (nSPS) is 51.2. The van der Waals surface area contributed by atoms with Crippen LogP contribution in [0.25, 0.3) is 0 Å². The lowest BCUT2D eigenvalue weighted by Gasteiger charge is -2.12. The number of fused-ring (bicyclic) bond motifs is 2. The van der Waals surface area contributed by atoms with E-state index in [1.165, 1.54) is 0 Å². The molecule has 2 aliphatic carbocycles. The van der Waals surface area contributed by atoms with Crippen LogP contribution in [0.2, 0.25) is 0 Å². The Morgan fingerprint density at radius 2 is 2.20 bits per heavy atom. The molecule has 2 aliphatic rings. The van der Waals surface area contributed by atoms with Crippen LogP contribution in [0.1, 0.15) is 19.3 Å². The largest absolute Gasteiger partial charge is 0.393 e. The lowest BCUT2D eigenvalue weighted by atomic mass is 9.90. The van der Waals surface area contributed by atoms with Gasteiger partial charge < -0.3 is 5.11 Å². The predicted molar refractivity (Wildman–Crippen MR) is 35.9 cm³/mol. The predicted octanol–water partition coefficient (Wildman–Crippen LogP) is 0.917. The van der Waals surface area contributed by atoms with E-state index in [-0.39, 0.29) is 12.0 Å². The van der Waals surface area contributed by atoms with Crippen molar-refractivity contribution in [3.63, 3.8) is 0 Å². The molecule has 2 fully saturated rings. The molecular weight excluding hydrogens is 126 g/mol. The van der Waals surface area contributed by atoms with Crippen LogP contribution >= 0.6 is 0 Å². The van der Waals surface area contributed by atoms with E-state index >= 15 is 0 Å². The fourth-order valence-corrected chi connectivity index (χ4v) is 2.44. The molecule has 0 unspecified atom stereocenters. The summed E-state index contributed by atoms with van der Waals surface area (Å²) in [6.45, 7) is 0. The molecular formula is C8H11NO. The van der Waals surface area contributed by atoms with Gasteiger partial charge in [-0.25, -0.2) is 0 Å². The minimum atomic E-state index is -0.148. The maximum absolute atomic E-state index is 9.48. The van der Waals surface area contributed by atoms with Crippen molar-refractivity contribution < 1.29 is 5.11 Å². The summed E-state index contributed by atoms with van der Waals surface area (Å²) < 4.78 is 0. The number of hydrogen-bond donors (Lipinski definition) is 1. The molecule has 0 aliphatic heterocycles. The monoisotopic (exact) mass is 137 g/mol. The standard InChI is InChI=1S/C8H11NO/c9-4-6-3-5-1-2-7(6)8(5)10/h5-8,10H,1-3H2/t5-,6-,7+,8-/m1/s1. The molecule has 2 saturated carbocycles. The van der Waals surface area contributed by atoms with Gasteiger partial charge in [0.15, 0.2) is 0 Å². The first kappa shape index (κ1) is 6.18. The van der Waals surface area contributed by atoms with Gasteiger partial charge in [-0.2, -0.15) is 5.26 Å². The van der Waals surface area contributed by atoms with E-state index in [4.69, 9.17) is 5.26 Å². The Hall–Kier alpha value is -0.550. The van der Waals surface area contributed by atoms with Crippen molar-refractivity contribution in [2.24, 2.45) is 17.8 Å². The Kier molecular flexibility index (Phi) is 1.21. The zero-order valence-corrected chi connectivity index (χ0v) is 5.83. The van der Waals surface area contributed by atoms with Gasteiger partial charge in [0.25, 0.3) is 0 Å². The summed E-state index contributed by atoms with van der Waals surface area (Å²) in [4.78, 5) is 0. The molecule has 0 saturated heterocycles. The quantitative estimate of drug-likeness (QED) is 0.539. The number of aliphatic hydroxyl groups excluding tert-OH is 1. The summed E-state index contributed by atoms with van der Waals surface area (Å²) in [5.74, 6) is 0.929. The summed E-state index contributed by atoms with van der Waals surface area (Å²) >= 11 is 0. The summed E-state index contributed by atoms with van der Waals surface area (Å²) in [7, 11) is 0. The van der Waals surface area contributed by atoms with Crippen molar-refractivity contribution in [3.8, 4) is 6.07 Å². The van der Waals surface area contributed by atoms with Crippen molar-refractivity contribution >= 4 is 0 Å².